The minimum atomic E-state index is -0.607. The van der Waals surface area contributed by atoms with E-state index in [9.17, 15) is 14.7 Å². The normalized spacial score (nSPS) is 11.3. The van der Waals surface area contributed by atoms with Crippen molar-refractivity contribution in [3.63, 3.8) is 0 Å². The summed E-state index contributed by atoms with van der Waals surface area (Å²) >= 11 is 4.93. The molecule has 0 fully saturated rings. The number of carbonyl (C=O) groups excluding carboxylic acids is 1. The first-order chi connectivity index (χ1) is 10.8. The summed E-state index contributed by atoms with van der Waals surface area (Å²) in [5.41, 5.74) is 2.05. The van der Waals surface area contributed by atoms with Gasteiger partial charge in [0.05, 0.1) is 18.4 Å². The third-order valence-electron chi connectivity index (χ3n) is 3.28. The van der Waals surface area contributed by atoms with Crippen LogP contribution < -0.4 is 5.56 Å². The fraction of sp³-hybridized carbons (Fsp3) is 0.188. The molecule has 0 bridgehead atoms. The van der Waals surface area contributed by atoms with E-state index >= 15 is 0 Å². The number of methoxy groups -OCH3 is 1. The summed E-state index contributed by atoms with van der Waals surface area (Å²) in [6.07, 6.45) is 1.57. The van der Waals surface area contributed by atoms with Gasteiger partial charge < -0.3 is 14.8 Å². The van der Waals surface area contributed by atoms with E-state index in [0.29, 0.717) is 16.7 Å². The third kappa shape index (κ3) is 3.75. The second-order valence-electron chi connectivity index (χ2n) is 5.05. The maximum Gasteiger partial charge on any atom is 0.339 e. The number of nitrogens with one attached hydrogen (secondary N) is 2. The highest BCUT2D eigenvalue weighted by Gasteiger charge is 2.15. The van der Waals surface area contributed by atoms with Crippen molar-refractivity contribution in [3.8, 4) is 5.75 Å². The molecule has 1 aromatic carbocycles. The number of phenols is 1. The second kappa shape index (κ2) is 6.62. The van der Waals surface area contributed by atoms with Crippen molar-refractivity contribution in [3.05, 3.63) is 55.7 Å². The lowest BCUT2D eigenvalue weighted by molar-refractivity contribution is -0.133. The van der Waals surface area contributed by atoms with Crippen LogP contribution >= 0.6 is 12.2 Å². The Morgan fingerprint density at radius 1 is 1.22 bits per heavy atom. The summed E-state index contributed by atoms with van der Waals surface area (Å²) in [7, 11) is 1.26. The SMILES string of the molecule is COC(=O)/C(=C\c1cc(C)c(O)c(C)c1)c1cc(=O)[nH]c(=S)[nH]1. The molecule has 120 valence electrons. The van der Waals surface area contributed by atoms with Gasteiger partial charge in [-0.3, -0.25) is 9.78 Å². The molecule has 0 aliphatic heterocycles. The number of hydrogen-bond acceptors (Lipinski definition) is 5. The zero-order valence-electron chi connectivity index (χ0n) is 12.9. The number of phenolic OH excluding ortho intramolecular Hbond substituents is 1. The van der Waals surface area contributed by atoms with Gasteiger partial charge in [0, 0.05) is 6.07 Å². The number of ether oxygens (including phenoxy) is 1. The van der Waals surface area contributed by atoms with Crippen molar-refractivity contribution in [2.24, 2.45) is 0 Å². The average molecular weight is 332 g/mol. The molecule has 0 atom stereocenters. The van der Waals surface area contributed by atoms with Gasteiger partial charge in [0.15, 0.2) is 4.77 Å². The van der Waals surface area contributed by atoms with Gasteiger partial charge in [0.1, 0.15) is 5.75 Å². The van der Waals surface area contributed by atoms with Gasteiger partial charge >= 0.3 is 5.97 Å². The quantitative estimate of drug-likeness (QED) is 0.456. The number of aromatic nitrogens is 2. The molecule has 3 N–H and O–H groups in total. The molecule has 6 nitrogen and oxygen atoms in total. The zero-order chi connectivity index (χ0) is 17.1. The highest BCUT2D eigenvalue weighted by atomic mass is 32.1. The van der Waals surface area contributed by atoms with Gasteiger partial charge in [-0.1, -0.05) is 0 Å². The van der Waals surface area contributed by atoms with E-state index in [2.05, 4.69) is 9.97 Å². The van der Waals surface area contributed by atoms with Crippen molar-refractivity contribution < 1.29 is 14.6 Å². The summed E-state index contributed by atoms with van der Waals surface area (Å²) in [6, 6.07) is 4.69. The Labute approximate surface area is 137 Å². The van der Waals surface area contributed by atoms with E-state index in [1.807, 2.05) is 0 Å². The molecular weight excluding hydrogens is 316 g/mol. The van der Waals surface area contributed by atoms with Crippen LogP contribution in [0.25, 0.3) is 11.6 Å². The van der Waals surface area contributed by atoms with E-state index in [4.69, 9.17) is 17.0 Å². The van der Waals surface area contributed by atoms with Crippen LogP contribution in [0.4, 0.5) is 0 Å². The number of carbonyl (C=O) groups is 1. The molecule has 0 spiro atoms. The number of benzene rings is 1. The van der Waals surface area contributed by atoms with E-state index in [-0.39, 0.29) is 21.8 Å². The topological polar surface area (TPSA) is 95.2 Å². The molecule has 23 heavy (non-hydrogen) atoms. The minimum absolute atomic E-state index is 0.111. The molecule has 2 aromatic rings. The first-order valence-corrected chi connectivity index (χ1v) is 7.17. The van der Waals surface area contributed by atoms with Crippen LogP contribution in [0.5, 0.6) is 5.75 Å². The van der Waals surface area contributed by atoms with Gasteiger partial charge in [0.25, 0.3) is 5.56 Å². The van der Waals surface area contributed by atoms with Crippen molar-refractivity contribution in [1.29, 1.82) is 0 Å². The van der Waals surface area contributed by atoms with Crippen LogP contribution in [0, 0.1) is 18.6 Å². The number of aryl methyl sites for hydroxylation is 2. The molecule has 2 rings (SSSR count). The molecule has 1 heterocycles. The van der Waals surface area contributed by atoms with Gasteiger partial charge in [-0.15, -0.1) is 0 Å². The number of aromatic hydroxyl groups is 1. The fourth-order valence-corrected chi connectivity index (χ4v) is 2.42. The number of rotatable bonds is 3. The van der Waals surface area contributed by atoms with Crippen molar-refractivity contribution in [1.82, 2.24) is 9.97 Å². The molecule has 0 aliphatic carbocycles. The molecule has 0 aliphatic rings. The highest BCUT2D eigenvalue weighted by molar-refractivity contribution is 7.71. The van der Waals surface area contributed by atoms with E-state index < -0.39 is 11.5 Å². The Balaban J connectivity index is 2.66. The number of aromatic amines is 2. The Morgan fingerprint density at radius 2 is 1.83 bits per heavy atom. The predicted octanol–water partition coefficient (Wildman–Crippen LogP) is 2.47. The highest BCUT2D eigenvalue weighted by Crippen LogP contribution is 2.25. The maximum absolute atomic E-state index is 12.1. The molecule has 0 amide bonds. The Bertz CT molecular complexity index is 858. The average Bonchev–Trinajstić information content (AvgIpc) is 2.48. The predicted molar refractivity (Wildman–Crippen MR) is 89.7 cm³/mol. The van der Waals surface area contributed by atoms with Crippen LogP contribution in [0.1, 0.15) is 22.4 Å². The van der Waals surface area contributed by atoms with E-state index in [1.54, 1.807) is 32.1 Å². The van der Waals surface area contributed by atoms with E-state index in [1.165, 1.54) is 13.2 Å². The number of hydrogen-bond donors (Lipinski definition) is 3. The molecule has 7 heteroatoms. The summed E-state index contributed by atoms with van der Waals surface area (Å²) < 4.78 is 4.89. The monoisotopic (exact) mass is 332 g/mol. The van der Waals surface area contributed by atoms with Crippen LogP contribution in [0.15, 0.2) is 23.0 Å². The van der Waals surface area contributed by atoms with Gasteiger partial charge in [-0.2, -0.15) is 0 Å². The van der Waals surface area contributed by atoms with Gasteiger partial charge in [0.2, 0.25) is 0 Å². The molecule has 0 saturated heterocycles. The molecule has 0 unspecified atom stereocenters. The lowest BCUT2D eigenvalue weighted by Gasteiger charge is -2.08. The van der Waals surface area contributed by atoms with Crippen LogP contribution in [0.2, 0.25) is 0 Å². The Morgan fingerprint density at radius 3 is 2.35 bits per heavy atom. The second-order valence-corrected chi connectivity index (χ2v) is 5.46. The van der Waals surface area contributed by atoms with Crippen molar-refractivity contribution in [2.45, 2.75) is 13.8 Å². The number of esters is 1. The lowest BCUT2D eigenvalue weighted by atomic mass is 10.0. The Kier molecular flexibility index (Phi) is 4.80. The first kappa shape index (κ1) is 16.7. The first-order valence-electron chi connectivity index (χ1n) is 6.76. The van der Waals surface area contributed by atoms with Crippen molar-refractivity contribution >= 4 is 29.8 Å². The van der Waals surface area contributed by atoms with Crippen LogP contribution in [-0.4, -0.2) is 28.2 Å². The third-order valence-corrected chi connectivity index (χ3v) is 3.48. The molecule has 0 saturated carbocycles. The van der Waals surface area contributed by atoms with Crippen LogP contribution in [-0.2, 0) is 9.53 Å². The molecular formula is C16H16N2O4S. The van der Waals surface area contributed by atoms with E-state index in [0.717, 1.165) is 0 Å². The summed E-state index contributed by atoms with van der Waals surface area (Å²) in [5.74, 6) is -0.401. The molecule has 1 aromatic heterocycles. The van der Waals surface area contributed by atoms with Gasteiger partial charge in [-0.05, 0) is 61.0 Å². The van der Waals surface area contributed by atoms with Gasteiger partial charge in [-0.25, -0.2) is 4.79 Å². The standard InChI is InChI=1S/C16H16N2O4S/c1-8-4-10(5-9(2)14(8)20)6-11(15(21)22-3)12-7-13(19)18-16(23)17-12/h4-7,20H,1-3H3,(H2,17,18,19,23)/b11-6-. The number of H-pyrrole nitrogens is 2. The molecule has 0 radical (unpaired) electrons. The fourth-order valence-electron chi connectivity index (χ4n) is 2.21. The minimum Gasteiger partial charge on any atom is -0.507 e. The summed E-state index contributed by atoms with van der Waals surface area (Å²) in [4.78, 5) is 28.8. The Hall–Kier alpha value is -2.67. The largest absolute Gasteiger partial charge is 0.507 e. The smallest absolute Gasteiger partial charge is 0.339 e. The van der Waals surface area contributed by atoms with Crippen LogP contribution in [0.3, 0.4) is 0 Å². The summed E-state index contributed by atoms with van der Waals surface area (Å²) in [5, 5.41) is 9.83. The maximum atomic E-state index is 12.1. The zero-order valence-corrected chi connectivity index (χ0v) is 13.7. The lowest BCUT2D eigenvalue weighted by Crippen LogP contribution is -2.12. The van der Waals surface area contributed by atoms with Crippen molar-refractivity contribution in [2.75, 3.05) is 7.11 Å². The summed E-state index contributed by atoms with van der Waals surface area (Å²) in [6.45, 7) is 3.52.